The Hall–Kier alpha value is -3.04. The van der Waals surface area contributed by atoms with Crippen LogP contribution in [0.25, 0.3) is 0 Å². The Labute approximate surface area is 187 Å². The molecule has 4 heterocycles. The fourth-order valence-electron chi connectivity index (χ4n) is 4.89. The average Bonchev–Trinajstić information content (AvgIpc) is 3.11. The summed E-state index contributed by atoms with van der Waals surface area (Å²) in [6, 6.07) is 11.5. The molecule has 6 rings (SSSR count). The monoisotopic (exact) mass is 455 g/mol. The van der Waals surface area contributed by atoms with Gasteiger partial charge in [0.2, 0.25) is 0 Å². The lowest BCUT2D eigenvalue weighted by Crippen LogP contribution is -2.65. The lowest BCUT2D eigenvalue weighted by Gasteiger charge is -2.50. The second kappa shape index (κ2) is 7.25. The van der Waals surface area contributed by atoms with Gasteiger partial charge in [-0.15, -0.1) is 11.8 Å². The molecule has 3 aliphatic rings. The van der Waals surface area contributed by atoms with Crippen LogP contribution in [0.3, 0.4) is 0 Å². The number of ether oxygens (including phenoxy) is 1. The first-order chi connectivity index (χ1) is 15.6. The summed E-state index contributed by atoms with van der Waals surface area (Å²) in [5, 5.41) is 12.4. The molecule has 0 bridgehead atoms. The van der Waals surface area contributed by atoms with Crippen LogP contribution in [-0.4, -0.2) is 46.5 Å². The molecule has 32 heavy (non-hydrogen) atoms. The Morgan fingerprint density at radius 1 is 1.09 bits per heavy atom. The number of rotatable bonds is 1. The van der Waals surface area contributed by atoms with Crippen molar-refractivity contribution >= 4 is 17.7 Å². The van der Waals surface area contributed by atoms with Crippen molar-refractivity contribution in [1.29, 1.82) is 0 Å². The molecule has 1 fully saturated rings. The molecular weight excluding hydrogens is 436 g/mol. The van der Waals surface area contributed by atoms with Crippen LogP contribution in [0.5, 0.6) is 5.75 Å². The predicted octanol–water partition coefficient (Wildman–Crippen LogP) is 3.62. The van der Waals surface area contributed by atoms with E-state index in [2.05, 4.69) is 0 Å². The van der Waals surface area contributed by atoms with Gasteiger partial charge in [-0.1, -0.05) is 24.3 Å². The Kier molecular flexibility index (Phi) is 4.44. The first-order valence-electron chi connectivity index (χ1n) is 10.3. The summed E-state index contributed by atoms with van der Waals surface area (Å²) in [5.74, 6) is -1.85. The molecule has 0 unspecified atom stereocenters. The zero-order valence-electron chi connectivity index (χ0n) is 16.9. The molecule has 1 amide bonds. The molecule has 0 radical (unpaired) electrons. The molecule has 0 spiro atoms. The van der Waals surface area contributed by atoms with Gasteiger partial charge in [0.1, 0.15) is 11.9 Å². The van der Waals surface area contributed by atoms with E-state index in [4.69, 9.17) is 4.74 Å². The van der Waals surface area contributed by atoms with E-state index >= 15 is 0 Å². The Bertz CT molecular complexity index is 1250. The fraction of sp³-hybridized carbons (Fsp3) is 0.261. The molecule has 9 heteroatoms. The third-order valence-electron chi connectivity index (χ3n) is 6.34. The first-order valence-corrected chi connectivity index (χ1v) is 11.3. The fourth-order valence-corrected chi connectivity index (χ4v) is 6.00. The number of fused-ring (bicyclic) bond motifs is 4. The quantitative estimate of drug-likeness (QED) is 0.608. The average molecular weight is 455 g/mol. The number of benzene rings is 2. The van der Waals surface area contributed by atoms with E-state index in [0.29, 0.717) is 24.3 Å². The van der Waals surface area contributed by atoms with Crippen LogP contribution >= 0.6 is 11.8 Å². The third-order valence-corrected chi connectivity index (χ3v) is 7.46. The predicted molar refractivity (Wildman–Crippen MR) is 114 cm³/mol. The highest BCUT2D eigenvalue weighted by molar-refractivity contribution is 7.98. The topological polar surface area (TPSA) is 57.9 Å². The molecule has 3 aromatic rings. The highest BCUT2D eigenvalue weighted by atomic mass is 32.2. The van der Waals surface area contributed by atoms with Crippen LogP contribution in [0, 0.1) is 11.6 Å². The van der Waals surface area contributed by atoms with Crippen molar-refractivity contribution in [1.82, 2.24) is 9.58 Å². The van der Waals surface area contributed by atoms with Gasteiger partial charge in [0, 0.05) is 35.0 Å². The number of morpholine rings is 1. The second-order valence-corrected chi connectivity index (χ2v) is 9.00. The summed E-state index contributed by atoms with van der Waals surface area (Å²) >= 11 is 1.46. The van der Waals surface area contributed by atoms with Gasteiger partial charge in [-0.25, -0.2) is 8.78 Å². The van der Waals surface area contributed by atoms with E-state index in [-0.39, 0.29) is 29.7 Å². The summed E-state index contributed by atoms with van der Waals surface area (Å²) in [5.41, 5.74) is 2.00. The lowest BCUT2D eigenvalue weighted by atomic mass is 9.93. The van der Waals surface area contributed by atoms with E-state index in [1.165, 1.54) is 17.8 Å². The van der Waals surface area contributed by atoms with Gasteiger partial charge in [0.15, 0.2) is 17.3 Å². The number of hydrogen-bond acceptors (Lipinski definition) is 5. The van der Waals surface area contributed by atoms with Gasteiger partial charge >= 0.3 is 0 Å². The van der Waals surface area contributed by atoms with Crippen LogP contribution in [0.15, 0.2) is 53.6 Å². The van der Waals surface area contributed by atoms with E-state index in [9.17, 15) is 18.7 Å². The number of thioether (sulfide) groups is 1. The van der Waals surface area contributed by atoms with Crippen molar-refractivity contribution in [2.45, 2.75) is 22.9 Å². The van der Waals surface area contributed by atoms with Crippen LogP contribution in [0.1, 0.15) is 33.2 Å². The molecule has 0 saturated carbocycles. The molecule has 164 valence electrons. The highest BCUT2D eigenvalue weighted by Gasteiger charge is 2.46. The Morgan fingerprint density at radius 3 is 2.81 bits per heavy atom. The minimum Gasteiger partial charge on any atom is -0.505 e. The molecular formula is C23H19F2N3O3S. The number of carbonyl (C=O) groups is 1. The molecule has 1 saturated heterocycles. The van der Waals surface area contributed by atoms with Crippen molar-refractivity contribution in [3.8, 4) is 5.75 Å². The van der Waals surface area contributed by atoms with Crippen molar-refractivity contribution in [3.05, 3.63) is 82.7 Å². The normalized spacial score (nSPS) is 22.0. The van der Waals surface area contributed by atoms with Crippen molar-refractivity contribution < 1.29 is 23.4 Å². The maximum atomic E-state index is 15.0. The minimum absolute atomic E-state index is 0.119. The number of aromatic nitrogens is 1. The molecule has 1 N–H and O–H groups in total. The van der Waals surface area contributed by atoms with Crippen LogP contribution in [0.4, 0.5) is 8.78 Å². The number of nitrogens with zero attached hydrogens (tertiary/aromatic N) is 3. The first kappa shape index (κ1) is 19.6. The van der Waals surface area contributed by atoms with Gasteiger partial charge in [0.25, 0.3) is 5.91 Å². The standard InChI is InChI=1S/C23H19F2N3O3S/c24-16-6-5-13-15(20(16)25)12-32-18-4-2-1-3-14(18)21(13)28-19-11-31-10-9-26(19)23(30)22-17(29)7-8-27(22)28/h1-8,19,21,29H,9-12H2/t19-,21+/m1/s1. The molecule has 6 nitrogen and oxygen atoms in total. The largest absolute Gasteiger partial charge is 0.505 e. The summed E-state index contributed by atoms with van der Waals surface area (Å²) in [6.45, 7) is 1.03. The van der Waals surface area contributed by atoms with Crippen LogP contribution in [0.2, 0.25) is 0 Å². The van der Waals surface area contributed by atoms with Gasteiger partial charge in [0.05, 0.1) is 19.3 Å². The zero-order chi connectivity index (χ0) is 22.0. The van der Waals surface area contributed by atoms with E-state index in [1.807, 2.05) is 29.3 Å². The van der Waals surface area contributed by atoms with E-state index < -0.39 is 23.8 Å². The number of carbonyl (C=O) groups excluding carboxylic acids is 1. The number of hydrogen-bond donors (Lipinski definition) is 1. The third kappa shape index (κ3) is 2.70. The molecule has 1 aromatic heterocycles. The van der Waals surface area contributed by atoms with Gasteiger partial charge < -0.3 is 14.7 Å². The number of aromatic hydroxyl groups is 1. The lowest BCUT2D eigenvalue weighted by molar-refractivity contribution is -0.0193. The molecule has 3 aliphatic heterocycles. The van der Waals surface area contributed by atoms with Crippen molar-refractivity contribution in [2.75, 3.05) is 24.8 Å². The number of amides is 1. The maximum absolute atomic E-state index is 15.0. The van der Waals surface area contributed by atoms with Gasteiger partial charge in [-0.2, -0.15) is 0 Å². The van der Waals surface area contributed by atoms with Crippen LogP contribution in [-0.2, 0) is 10.5 Å². The summed E-state index contributed by atoms with van der Waals surface area (Å²) in [4.78, 5) is 15.8. The summed E-state index contributed by atoms with van der Waals surface area (Å²) in [7, 11) is 0. The van der Waals surface area contributed by atoms with Gasteiger partial charge in [-0.05, 0) is 23.3 Å². The van der Waals surface area contributed by atoms with E-state index in [1.54, 1.807) is 21.8 Å². The summed E-state index contributed by atoms with van der Waals surface area (Å²) in [6.07, 6.45) is 1.16. The molecule has 0 aliphatic carbocycles. The maximum Gasteiger partial charge on any atom is 0.278 e. The summed E-state index contributed by atoms with van der Waals surface area (Å²) < 4.78 is 36.5. The minimum atomic E-state index is -0.884. The van der Waals surface area contributed by atoms with Crippen molar-refractivity contribution in [2.24, 2.45) is 0 Å². The Morgan fingerprint density at radius 2 is 1.94 bits per heavy atom. The number of halogens is 2. The highest BCUT2D eigenvalue weighted by Crippen LogP contribution is 2.45. The second-order valence-electron chi connectivity index (χ2n) is 7.99. The van der Waals surface area contributed by atoms with E-state index in [0.717, 1.165) is 16.5 Å². The van der Waals surface area contributed by atoms with Crippen LogP contribution < -0.4 is 5.01 Å². The molecule has 2 atom stereocenters. The zero-order valence-corrected chi connectivity index (χ0v) is 17.7. The van der Waals surface area contributed by atoms with Gasteiger partial charge in [-0.3, -0.25) is 14.5 Å². The molecule has 2 aromatic carbocycles. The smallest absolute Gasteiger partial charge is 0.278 e. The SMILES string of the molecule is O=C1c2c(O)ccn2N([C@@H]2c3ccccc3SCc3c2ccc(F)c3F)[C@@H]2COCCN12. The Balaban J connectivity index is 1.64. The van der Waals surface area contributed by atoms with Crippen molar-refractivity contribution in [3.63, 3.8) is 0 Å².